The van der Waals surface area contributed by atoms with E-state index in [0.29, 0.717) is 12.3 Å². The Kier molecular flexibility index (Phi) is 5.37. The van der Waals surface area contributed by atoms with Crippen molar-refractivity contribution in [2.45, 2.75) is 20.0 Å². The molecule has 118 valence electrons. The SMILES string of the molecule is Cc1ccc(CN(C)CC(=O)NC(=O)NCc2ccco2)o1. The molecule has 0 unspecified atom stereocenters. The van der Waals surface area contributed by atoms with Crippen LogP contribution in [0.4, 0.5) is 4.79 Å². The molecule has 0 saturated heterocycles. The Balaban J connectivity index is 1.69. The van der Waals surface area contributed by atoms with Gasteiger partial charge in [0.25, 0.3) is 0 Å². The summed E-state index contributed by atoms with van der Waals surface area (Å²) in [5, 5.41) is 4.80. The van der Waals surface area contributed by atoms with Gasteiger partial charge in [0.2, 0.25) is 5.91 Å². The lowest BCUT2D eigenvalue weighted by Crippen LogP contribution is -2.43. The lowest BCUT2D eigenvalue weighted by Gasteiger charge is -2.14. The Morgan fingerprint density at radius 3 is 2.68 bits per heavy atom. The molecule has 2 N–H and O–H groups in total. The lowest BCUT2D eigenvalue weighted by atomic mass is 10.4. The molecule has 0 aliphatic heterocycles. The standard InChI is InChI=1S/C15H19N3O4/c1-11-5-6-13(22-11)9-18(2)10-14(19)17-15(20)16-8-12-4-3-7-21-12/h3-7H,8-10H2,1-2H3,(H2,16,17,19,20). The van der Waals surface area contributed by atoms with Crippen molar-refractivity contribution in [3.05, 3.63) is 47.8 Å². The van der Waals surface area contributed by atoms with Gasteiger partial charge in [-0.25, -0.2) is 4.79 Å². The van der Waals surface area contributed by atoms with Crippen molar-refractivity contribution < 1.29 is 18.4 Å². The first-order chi connectivity index (χ1) is 10.5. The van der Waals surface area contributed by atoms with Crippen molar-refractivity contribution in [3.63, 3.8) is 0 Å². The van der Waals surface area contributed by atoms with E-state index in [0.717, 1.165) is 11.5 Å². The predicted octanol–water partition coefficient (Wildman–Crippen LogP) is 1.64. The maximum atomic E-state index is 11.8. The van der Waals surface area contributed by atoms with Crippen LogP contribution in [0.1, 0.15) is 17.3 Å². The van der Waals surface area contributed by atoms with Crippen LogP contribution in [0.15, 0.2) is 39.4 Å². The Labute approximate surface area is 128 Å². The summed E-state index contributed by atoms with van der Waals surface area (Å²) in [7, 11) is 1.78. The van der Waals surface area contributed by atoms with Gasteiger partial charge in [-0.05, 0) is 38.2 Å². The summed E-state index contributed by atoms with van der Waals surface area (Å²) in [5.41, 5.74) is 0. The van der Waals surface area contributed by atoms with E-state index in [2.05, 4.69) is 10.6 Å². The number of imide groups is 1. The van der Waals surface area contributed by atoms with Crippen LogP contribution in [-0.2, 0) is 17.9 Å². The number of nitrogens with one attached hydrogen (secondary N) is 2. The second-order valence-corrected chi connectivity index (χ2v) is 4.99. The van der Waals surface area contributed by atoms with Gasteiger partial charge >= 0.3 is 6.03 Å². The first-order valence-electron chi connectivity index (χ1n) is 6.87. The molecule has 7 nitrogen and oxygen atoms in total. The summed E-state index contributed by atoms with van der Waals surface area (Å²) in [5.74, 6) is 1.83. The van der Waals surface area contributed by atoms with Gasteiger partial charge in [0.15, 0.2) is 0 Å². The molecule has 2 rings (SSSR count). The number of amides is 3. The first kappa shape index (κ1) is 15.8. The van der Waals surface area contributed by atoms with Crippen LogP contribution in [0.25, 0.3) is 0 Å². The highest BCUT2D eigenvalue weighted by molar-refractivity contribution is 5.95. The molecule has 3 amide bonds. The van der Waals surface area contributed by atoms with Crippen molar-refractivity contribution in [2.24, 2.45) is 0 Å². The number of nitrogens with zero attached hydrogens (tertiary/aromatic N) is 1. The third kappa shape index (κ3) is 5.10. The molecular weight excluding hydrogens is 286 g/mol. The zero-order valence-electron chi connectivity index (χ0n) is 12.6. The van der Waals surface area contributed by atoms with Crippen LogP contribution in [0.5, 0.6) is 0 Å². The van der Waals surface area contributed by atoms with Crippen LogP contribution in [0.2, 0.25) is 0 Å². The fourth-order valence-corrected chi connectivity index (χ4v) is 1.93. The predicted molar refractivity (Wildman–Crippen MR) is 78.9 cm³/mol. The lowest BCUT2D eigenvalue weighted by molar-refractivity contribution is -0.121. The maximum absolute atomic E-state index is 11.8. The fraction of sp³-hybridized carbons (Fsp3) is 0.333. The second kappa shape index (κ2) is 7.46. The second-order valence-electron chi connectivity index (χ2n) is 4.99. The number of furan rings is 2. The average molecular weight is 305 g/mol. The van der Waals surface area contributed by atoms with Gasteiger partial charge in [0.05, 0.1) is 25.9 Å². The molecule has 0 saturated carbocycles. The van der Waals surface area contributed by atoms with Crippen LogP contribution in [0, 0.1) is 6.92 Å². The van der Waals surface area contributed by atoms with E-state index in [1.54, 1.807) is 24.1 Å². The van der Waals surface area contributed by atoms with Crippen molar-refractivity contribution in [3.8, 4) is 0 Å². The summed E-state index contributed by atoms with van der Waals surface area (Å²) >= 11 is 0. The number of aryl methyl sites for hydroxylation is 1. The Bertz CT molecular complexity index is 619. The molecule has 0 aromatic carbocycles. The van der Waals surface area contributed by atoms with E-state index < -0.39 is 6.03 Å². The fourth-order valence-electron chi connectivity index (χ4n) is 1.93. The van der Waals surface area contributed by atoms with Crippen LogP contribution in [0.3, 0.4) is 0 Å². The van der Waals surface area contributed by atoms with Crippen LogP contribution < -0.4 is 10.6 Å². The highest BCUT2D eigenvalue weighted by atomic mass is 16.3. The Hall–Kier alpha value is -2.54. The summed E-state index contributed by atoms with van der Waals surface area (Å²) in [6.07, 6.45) is 1.52. The topological polar surface area (TPSA) is 87.7 Å². The third-order valence-corrected chi connectivity index (χ3v) is 2.89. The quantitative estimate of drug-likeness (QED) is 0.847. The van der Waals surface area contributed by atoms with Crippen LogP contribution in [-0.4, -0.2) is 30.4 Å². The monoisotopic (exact) mass is 305 g/mol. The minimum atomic E-state index is -0.552. The minimum absolute atomic E-state index is 0.0912. The van der Waals surface area contributed by atoms with Crippen molar-refractivity contribution in [1.82, 2.24) is 15.5 Å². The van der Waals surface area contributed by atoms with Gasteiger partial charge in [0, 0.05) is 0 Å². The molecule has 2 aromatic rings. The number of carbonyl (C=O) groups is 2. The normalized spacial score (nSPS) is 10.7. The first-order valence-corrected chi connectivity index (χ1v) is 6.87. The highest BCUT2D eigenvalue weighted by Crippen LogP contribution is 2.08. The van der Waals surface area contributed by atoms with E-state index in [9.17, 15) is 9.59 Å². The van der Waals surface area contributed by atoms with Crippen molar-refractivity contribution >= 4 is 11.9 Å². The van der Waals surface area contributed by atoms with E-state index in [-0.39, 0.29) is 19.0 Å². The number of hydrogen-bond acceptors (Lipinski definition) is 5. The van der Waals surface area contributed by atoms with E-state index in [1.165, 1.54) is 6.26 Å². The molecule has 0 fully saturated rings. The van der Waals surface area contributed by atoms with Crippen molar-refractivity contribution in [2.75, 3.05) is 13.6 Å². The summed E-state index contributed by atoms with van der Waals surface area (Å²) in [4.78, 5) is 25.1. The number of likely N-dealkylation sites (N-methyl/N-ethyl adjacent to an activating group) is 1. The molecule has 0 atom stereocenters. The van der Waals surface area contributed by atoms with Gasteiger partial charge in [-0.15, -0.1) is 0 Å². The van der Waals surface area contributed by atoms with Gasteiger partial charge in [-0.3, -0.25) is 15.0 Å². The smallest absolute Gasteiger partial charge is 0.321 e. The van der Waals surface area contributed by atoms with E-state index >= 15 is 0 Å². The molecule has 22 heavy (non-hydrogen) atoms. The van der Waals surface area contributed by atoms with Gasteiger partial charge in [-0.1, -0.05) is 0 Å². The molecule has 2 heterocycles. The molecule has 7 heteroatoms. The van der Waals surface area contributed by atoms with Crippen molar-refractivity contribution in [1.29, 1.82) is 0 Å². The molecule has 0 bridgehead atoms. The van der Waals surface area contributed by atoms with Gasteiger partial charge < -0.3 is 14.2 Å². The third-order valence-electron chi connectivity index (χ3n) is 2.89. The number of hydrogen-bond donors (Lipinski definition) is 2. The largest absolute Gasteiger partial charge is 0.467 e. The zero-order valence-corrected chi connectivity index (χ0v) is 12.6. The maximum Gasteiger partial charge on any atom is 0.321 e. The number of urea groups is 1. The summed E-state index contributed by atoms with van der Waals surface area (Å²) in [6, 6.07) is 6.64. The number of carbonyl (C=O) groups excluding carboxylic acids is 2. The highest BCUT2D eigenvalue weighted by Gasteiger charge is 2.12. The molecule has 2 aromatic heterocycles. The average Bonchev–Trinajstić information content (AvgIpc) is 3.07. The summed E-state index contributed by atoms with van der Waals surface area (Å²) in [6.45, 7) is 2.68. The molecule has 0 spiro atoms. The summed E-state index contributed by atoms with van der Waals surface area (Å²) < 4.78 is 10.5. The minimum Gasteiger partial charge on any atom is -0.467 e. The molecule has 0 radical (unpaired) electrons. The number of rotatable bonds is 6. The molecule has 0 aliphatic rings. The van der Waals surface area contributed by atoms with E-state index in [1.807, 2.05) is 19.1 Å². The Morgan fingerprint density at radius 1 is 1.23 bits per heavy atom. The zero-order chi connectivity index (χ0) is 15.9. The van der Waals surface area contributed by atoms with Gasteiger partial charge in [-0.2, -0.15) is 0 Å². The van der Waals surface area contributed by atoms with Gasteiger partial charge in [0.1, 0.15) is 17.3 Å². The molecular formula is C15H19N3O4. The Morgan fingerprint density at radius 2 is 2.05 bits per heavy atom. The van der Waals surface area contributed by atoms with E-state index in [4.69, 9.17) is 8.83 Å². The molecule has 0 aliphatic carbocycles. The van der Waals surface area contributed by atoms with Crippen LogP contribution >= 0.6 is 0 Å².